The van der Waals surface area contributed by atoms with Crippen LogP contribution in [0, 0.1) is 6.92 Å². The number of thiophene rings is 1. The molecule has 2 amide bonds. The summed E-state index contributed by atoms with van der Waals surface area (Å²) in [5, 5.41) is 10.3. The molecule has 0 spiro atoms. The number of aromatic nitrogens is 3. The second-order valence-corrected chi connectivity index (χ2v) is 6.87. The van der Waals surface area contributed by atoms with Gasteiger partial charge >= 0.3 is 18.0 Å². The van der Waals surface area contributed by atoms with Crippen LogP contribution in [0.2, 0.25) is 0 Å². The van der Waals surface area contributed by atoms with Gasteiger partial charge in [-0.3, -0.25) is 0 Å². The number of hydrogen-bond donors (Lipinski definition) is 2. The summed E-state index contributed by atoms with van der Waals surface area (Å²) in [5.41, 5.74) is 5.15. The number of sulfonamides is 1. The molecule has 0 atom stereocenters. The number of urea groups is 1. The number of primary amides is 1. The third-order valence-corrected chi connectivity index (χ3v) is 5.37. The van der Waals surface area contributed by atoms with E-state index in [1.165, 1.54) is 19.4 Å². The van der Waals surface area contributed by atoms with Crippen LogP contribution in [-0.2, 0) is 10.0 Å². The van der Waals surface area contributed by atoms with E-state index in [4.69, 9.17) is 15.6 Å². The molecule has 0 radical (unpaired) electrons. The highest BCUT2D eigenvalue weighted by molar-refractivity contribution is 7.93. The topological polar surface area (TPSA) is 166 Å². The summed E-state index contributed by atoms with van der Waals surface area (Å²) in [6, 6.07) is -0.599. The van der Waals surface area contributed by atoms with Crippen molar-refractivity contribution in [1.29, 1.82) is 0 Å². The van der Waals surface area contributed by atoms with E-state index in [1.807, 2.05) is 0 Å². The number of carbonyl (C=O) groups excluding carboxylic acids is 1. The van der Waals surface area contributed by atoms with Crippen LogP contribution in [0.4, 0.5) is 10.7 Å². The Labute approximate surface area is 139 Å². The Morgan fingerprint density at radius 1 is 1.33 bits per heavy atom. The Hall–Kier alpha value is -2.80. The van der Waals surface area contributed by atoms with Crippen LogP contribution in [0.1, 0.15) is 15.5 Å². The Morgan fingerprint density at radius 3 is 2.54 bits per heavy atom. The van der Waals surface area contributed by atoms with E-state index >= 15 is 0 Å². The molecule has 0 saturated carbocycles. The molecule has 24 heavy (non-hydrogen) atoms. The van der Waals surface area contributed by atoms with Gasteiger partial charge in [0.25, 0.3) is 16.0 Å². The molecule has 0 bridgehead atoms. The zero-order valence-corrected chi connectivity index (χ0v) is 14.0. The number of nitrogens with two attached hydrogens (primary N) is 1. The third kappa shape index (κ3) is 3.11. The van der Waals surface area contributed by atoms with Gasteiger partial charge < -0.3 is 15.6 Å². The molecule has 0 aliphatic rings. The zero-order valence-electron chi connectivity index (χ0n) is 12.3. The molecule has 13 heteroatoms. The van der Waals surface area contributed by atoms with Gasteiger partial charge in [0, 0.05) is 0 Å². The maximum Gasteiger partial charge on any atom is 0.347 e. The highest BCUT2D eigenvalue weighted by Crippen LogP contribution is 2.27. The number of nitrogens with zero attached hydrogens (tertiary/aromatic N) is 4. The van der Waals surface area contributed by atoms with Crippen molar-refractivity contribution < 1.29 is 27.9 Å². The summed E-state index contributed by atoms with van der Waals surface area (Å²) in [5.74, 6) is -1.99. The maximum atomic E-state index is 12.7. The number of amides is 2. The number of aromatic carboxylic acids is 1. The second kappa shape index (κ2) is 6.37. The van der Waals surface area contributed by atoms with Gasteiger partial charge in [0.05, 0.1) is 7.11 Å². The Morgan fingerprint density at radius 2 is 2.00 bits per heavy atom. The van der Waals surface area contributed by atoms with E-state index in [2.05, 4.69) is 15.0 Å². The van der Waals surface area contributed by atoms with E-state index in [-0.39, 0.29) is 16.1 Å². The van der Waals surface area contributed by atoms with Gasteiger partial charge in [0.2, 0.25) is 0 Å². The molecule has 0 saturated heterocycles. The van der Waals surface area contributed by atoms with Crippen molar-refractivity contribution in [2.75, 3.05) is 11.4 Å². The molecule has 2 heterocycles. The van der Waals surface area contributed by atoms with Crippen LogP contribution in [0.5, 0.6) is 6.01 Å². The molecule has 128 valence electrons. The van der Waals surface area contributed by atoms with Crippen LogP contribution in [0.3, 0.4) is 0 Å². The molecule has 2 aromatic rings. The van der Waals surface area contributed by atoms with Gasteiger partial charge in [-0.25, -0.2) is 18.0 Å². The smallest absolute Gasteiger partial charge is 0.347 e. The fraction of sp³-hybridized carbons (Fsp3) is 0.182. The monoisotopic (exact) mass is 373 g/mol. The summed E-state index contributed by atoms with van der Waals surface area (Å²) in [6.45, 7) is 1.42. The zero-order chi connectivity index (χ0) is 18.1. The normalized spacial score (nSPS) is 11.1. The molecular formula is C11H11N5O6S2. The van der Waals surface area contributed by atoms with Gasteiger partial charge in [0.15, 0.2) is 0 Å². The first-order valence-electron chi connectivity index (χ1n) is 6.10. The highest BCUT2D eigenvalue weighted by atomic mass is 32.2. The van der Waals surface area contributed by atoms with Crippen molar-refractivity contribution in [2.24, 2.45) is 5.73 Å². The summed E-state index contributed by atoms with van der Waals surface area (Å²) in [6.07, 6.45) is 0. The van der Waals surface area contributed by atoms with Gasteiger partial charge in [-0.15, -0.1) is 15.6 Å². The largest absolute Gasteiger partial charge is 0.477 e. The molecule has 3 N–H and O–H groups in total. The molecule has 0 aliphatic carbocycles. The lowest BCUT2D eigenvalue weighted by Crippen LogP contribution is -2.42. The van der Waals surface area contributed by atoms with Gasteiger partial charge in [-0.2, -0.15) is 15.0 Å². The number of ether oxygens (including phenoxy) is 1. The maximum absolute atomic E-state index is 12.7. The number of carboxylic acid groups (broad SMARTS) is 1. The Kier molecular flexibility index (Phi) is 4.66. The standard InChI is InChI=1S/C11H11N5O6S2/c1-5-13-10(15-11(14-5)22-2)16(9(12)19)24(20,21)6-3-4-23-7(6)8(17)18/h3-4H,1-2H3,(H2,12,19)(H,17,18). The minimum atomic E-state index is -4.65. The van der Waals surface area contributed by atoms with Gasteiger partial charge in [-0.1, -0.05) is 0 Å². The summed E-state index contributed by atoms with van der Waals surface area (Å²) in [7, 11) is -3.41. The van der Waals surface area contributed by atoms with Crippen LogP contribution in [0.25, 0.3) is 0 Å². The summed E-state index contributed by atoms with van der Waals surface area (Å²) < 4.78 is 30.3. The fourth-order valence-electron chi connectivity index (χ4n) is 1.71. The molecule has 0 aromatic carbocycles. The lowest BCUT2D eigenvalue weighted by Gasteiger charge is -2.18. The molecule has 0 aliphatic heterocycles. The number of anilines is 1. The van der Waals surface area contributed by atoms with Crippen molar-refractivity contribution in [3.8, 4) is 6.01 Å². The molecule has 11 nitrogen and oxygen atoms in total. The third-order valence-electron chi connectivity index (χ3n) is 2.62. The first-order valence-corrected chi connectivity index (χ1v) is 8.42. The summed E-state index contributed by atoms with van der Waals surface area (Å²) in [4.78, 5) is 33.0. The number of methoxy groups -OCH3 is 1. The minimum absolute atomic E-state index is 0.0714. The van der Waals surface area contributed by atoms with Crippen molar-refractivity contribution in [2.45, 2.75) is 11.8 Å². The van der Waals surface area contributed by atoms with E-state index in [0.717, 1.165) is 6.07 Å². The van der Waals surface area contributed by atoms with Crippen molar-refractivity contribution in [3.63, 3.8) is 0 Å². The molecule has 0 unspecified atom stereocenters. The lowest BCUT2D eigenvalue weighted by molar-refractivity contribution is 0.0698. The molecule has 2 aromatic heterocycles. The number of hydrogen-bond acceptors (Lipinski definition) is 9. The van der Waals surface area contributed by atoms with Gasteiger partial charge in [0.1, 0.15) is 15.6 Å². The lowest BCUT2D eigenvalue weighted by atomic mass is 10.5. The number of aryl methyl sites for hydroxylation is 1. The first kappa shape index (κ1) is 17.6. The molecule has 2 rings (SSSR count). The van der Waals surface area contributed by atoms with E-state index in [0.29, 0.717) is 11.3 Å². The average Bonchev–Trinajstić information content (AvgIpc) is 2.96. The van der Waals surface area contributed by atoms with E-state index in [9.17, 15) is 18.0 Å². The number of rotatable bonds is 5. The fourth-order valence-corrected chi connectivity index (χ4v) is 4.17. The Bertz CT molecular complexity index is 909. The van der Waals surface area contributed by atoms with Crippen LogP contribution < -0.4 is 14.8 Å². The van der Waals surface area contributed by atoms with Crippen molar-refractivity contribution >= 4 is 39.3 Å². The predicted octanol–water partition coefficient (Wildman–Crippen LogP) is 0.222. The molecular weight excluding hydrogens is 362 g/mol. The minimum Gasteiger partial charge on any atom is -0.477 e. The number of carboxylic acids is 1. The van der Waals surface area contributed by atoms with E-state index < -0.39 is 37.7 Å². The van der Waals surface area contributed by atoms with Crippen LogP contribution in [0.15, 0.2) is 16.3 Å². The van der Waals surface area contributed by atoms with Crippen molar-refractivity contribution in [1.82, 2.24) is 15.0 Å². The molecule has 0 fully saturated rings. The van der Waals surface area contributed by atoms with Crippen LogP contribution in [-0.4, -0.2) is 47.6 Å². The highest BCUT2D eigenvalue weighted by Gasteiger charge is 2.36. The quantitative estimate of drug-likeness (QED) is 0.745. The van der Waals surface area contributed by atoms with E-state index in [1.54, 1.807) is 0 Å². The van der Waals surface area contributed by atoms with Crippen molar-refractivity contribution in [3.05, 3.63) is 22.1 Å². The second-order valence-electron chi connectivity index (χ2n) is 4.20. The SMILES string of the molecule is COc1nc(C)nc(N(C(N)=O)S(=O)(=O)c2ccsc2C(=O)O)n1. The average molecular weight is 373 g/mol. The number of carbonyl (C=O) groups is 2. The summed E-state index contributed by atoms with van der Waals surface area (Å²) >= 11 is 0.684. The first-order chi connectivity index (χ1) is 11.2. The Balaban J connectivity index is 2.67. The van der Waals surface area contributed by atoms with Gasteiger partial charge in [-0.05, 0) is 18.4 Å². The predicted molar refractivity (Wildman–Crippen MR) is 81.6 cm³/mol. The van der Waals surface area contributed by atoms with Crippen LogP contribution >= 0.6 is 11.3 Å².